The molecule has 7 heteroatoms. The van der Waals surface area contributed by atoms with Gasteiger partial charge in [0.1, 0.15) is 11.5 Å². The van der Waals surface area contributed by atoms with Gasteiger partial charge in [-0.25, -0.2) is 14.4 Å². The van der Waals surface area contributed by atoms with Crippen molar-refractivity contribution in [3.63, 3.8) is 0 Å². The Hall–Kier alpha value is -3.74. The van der Waals surface area contributed by atoms with E-state index in [1.54, 1.807) is 29.3 Å². The van der Waals surface area contributed by atoms with Gasteiger partial charge in [-0.3, -0.25) is 4.79 Å². The molecule has 1 saturated carbocycles. The standard InChI is InChI=1S/C33H35FN4O2/c1-20-15-23-12-14-33(18-20,13-11-21(23)2)19-29-32(37-30(39)16-22-3-6-25(34)7-4-22)36-28-10-5-24-17-26(38-40)8-9-27(24)31(28)35-29/h3-4,6-9,17,20H,5,10-16,18-19H2,1-2H3,(H,36,37,39). The third kappa shape index (κ3) is 5.34. The average molecular weight is 539 g/mol. The molecule has 6 nitrogen and oxygen atoms in total. The van der Waals surface area contributed by atoms with E-state index in [9.17, 15) is 14.1 Å². The molecule has 1 heterocycles. The molecule has 2 atom stereocenters. The quantitative estimate of drug-likeness (QED) is 0.256. The fourth-order valence-electron chi connectivity index (χ4n) is 7.11. The van der Waals surface area contributed by atoms with Crippen LogP contribution in [0, 0.1) is 22.1 Å². The minimum atomic E-state index is -0.323. The highest BCUT2D eigenvalue weighted by atomic mass is 19.1. The van der Waals surface area contributed by atoms with E-state index >= 15 is 0 Å². The average Bonchev–Trinajstić information content (AvgIpc) is 3.20. The maximum Gasteiger partial charge on any atom is 0.229 e. The van der Waals surface area contributed by atoms with Gasteiger partial charge in [-0.1, -0.05) is 36.3 Å². The first-order valence-electron chi connectivity index (χ1n) is 14.4. The van der Waals surface area contributed by atoms with Gasteiger partial charge in [0.25, 0.3) is 0 Å². The Morgan fingerprint density at radius 2 is 1.88 bits per heavy atom. The van der Waals surface area contributed by atoms with E-state index in [-0.39, 0.29) is 23.6 Å². The summed E-state index contributed by atoms with van der Waals surface area (Å²) < 4.78 is 13.4. The Balaban J connectivity index is 1.38. The number of nitroso groups, excluding NO2 is 1. The molecule has 3 aliphatic carbocycles. The molecule has 0 saturated heterocycles. The van der Waals surface area contributed by atoms with Gasteiger partial charge < -0.3 is 5.32 Å². The number of amides is 1. The Kier molecular flexibility index (Phi) is 7.07. The molecule has 3 aliphatic rings. The number of allylic oxidation sites excluding steroid dienone is 2. The number of carbonyl (C=O) groups is 1. The number of nitrogens with zero attached hydrogens (tertiary/aromatic N) is 3. The Morgan fingerprint density at radius 3 is 2.67 bits per heavy atom. The lowest BCUT2D eigenvalue weighted by molar-refractivity contribution is -0.115. The van der Waals surface area contributed by atoms with Crippen LogP contribution in [0.1, 0.15) is 74.9 Å². The largest absolute Gasteiger partial charge is 0.309 e. The van der Waals surface area contributed by atoms with E-state index < -0.39 is 0 Å². The van der Waals surface area contributed by atoms with Crippen molar-refractivity contribution in [1.82, 2.24) is 9.97 Å². The second kappa shape index (κ2) is 10.7. The van der Waals surface area contributed by atoms with Crippen molar-refractivity contribution in [3.8, 4) is 11.3 Å². The molecule has 1 amide bonds. The van der Waals surface area contributed by atoms with Crippen molar-refractivity contribution in [2.45, 2.75) is 78.1 Å². The van der Waals surface area contributed by atoms with Gasteiger partial charge in [0.05, 0.1) is 23.5 Å². The summed E-state index contributed by atoms with van der Waals surface area (Å²) in [6.07, 6.45) is 9.08. The molecule has 206 valence electrons. The monoisotopic (exact) mass is 538 g/mol. The summed E-state index contributed by atoms with van der Waals surface area (Å²) in [5.74, 6) is 0.634. The number of fused-ring (bicyclic) bond motifs is 6. The van der Waals surface area contributed by atoms with Crippen LogP contribution in [0.25, 0.3) is 11.3 Å². The van der Waals surface area contributed by atoms with Gasteiger partial charge in [0.15, 0.2) is 5.82 Å². The zero-order valence-electron chi connectivity index (χ0n) is 23.2. The first-order chi connectivity index (χ1) is 19.3. The van der Waals surface area contributed by atoms with Crippen LogP contribution in [0.2, 0.25) is 0 Å². The fraction of sp³-hybridized carbons (Fsp3) is 0.424. The summed E-state index contributed by atoms with van der Waals surface area (Å²) in [6.45, 7) is 4.65. The second-order valence-corrected chi connectivity index (χ2v) is 12.2. The molecular weight excluding hydrogens is 503 g/mol. The normalized spacial score (nSPS) is 21.7. The van der Waals surface area contributed by atoms with Crippen molar-refractivity contribution in [3.05, 3.63) is 86.8 Å². The first kappa shape index (κ1) is 26.5. The van der Waals surface area contributed by atoms with E-state index in [0.717, 1.165) is 78.7 Å². The minimum Gasteiger partial charge on any atom is -0.309 e. The highest BCUT2D eigenvalue weighted by molar-refractivity contribution is 5.92. The first-order valence-corrected chi connectivity index (χ1v) is 14.4. The molecular formula is C33H35FN4O2. The zero-order chi connectivity index (χ0) is 27.9. The summed E-state index contributed by atoms with van der Waals surface area (Å²) in [7, 11) is 0. The third-order valence-corrected chi connectivity index (χ3v) is 9.17. The van der Waals surface area contributed by atoms with E-state index in [4.69, 9.17) is 9.97 Å². The number of benzene rings is 2. The van der Waals surface area contributed by atoms with Crippen molar-refractivity contribution < 1.29 is 9.18 Å². The van der Waals surface area contributed by atoms with Crippen LogP contribution in [0.3, 0.4) is 0 Å². The predicted octanol–water partition coefficient (Wildman–Crippen LogP) is 7.81. The molecule has 1 aromatic heterocycles. The van der Waals surface area contributed by atoms with E-state index in [2.05, 4.69) is 24.3 Å². The van der Waals surface area contributed by atoms with Crippen molar-refractivity contribution in [1.29, 1.82) is 0 Å². The van der Waals surface area contributed by atoms with Gasteiger partial charge >= 0.3 is 0 Å². The molecule has 0 spiro atoms. The second-order valence-electron chi connectivity index (χ2n) is 12.2. The lowest BCUT2D eigenvalue weighted by Crippen LogP contribution is -2.28. The predicted molar refractivity (Wildman–Crippen MR) is 155 cm³/mol. The molecule has 3 aromatic rings. The lowest BCUT2D eigenvalue weighted by atomic mass is 9.70. The number of aryl methyl sites for hydroxylation is 2. The molecule has 40 heavy (non-hydrogen) atoms. The highest BCUT2D eigenvalue weighted by Crippen LogP contribution is 2.50. The summed E-state index contributed by atoms with van der Waals surface area (Å²) in [6, 6.07) is 11.5. The lowest BCUT2D eigenvalue weighted by Gasteiger charge is -2.35. The number of rotatable bonds is 6. The molecule has 1 N–H and O–H groups in total. The topological polar surface area (TPSA) is 84.3 Å². The Bertz CT molecular complexity index is 1510. The Labute approximate surface area is 234 Å². The molecule has 2 bridgehead atoms. The smallest absolute Gasteiger partial charge is 0.229 e. The number of hydrogen-bond acceptors (Lipinski definition) is 5. The van der Waals surface area contributed by atoms with E-state index in [1.807, 2.05) is 12.1 Å². The van der Waals surface area contributed by atoms with E-state index in [0.29, 0.717) is 23.8 Å². The molecule has 2 aromatic carbocycles. The fourth-order valence-corrected chi connectivity index (χ4v) is 7.11. The van der Waals surface area contributed by atoms with Gasteiger partial charge in [0, 0.05) is 5.56 Å². The van der Waals surface area contributed by atoms with Crippen LogP contribution in [-0.4, -0.2) is 15.9 Å². The zero-order valence-corrected chi connectivity index (χ0v) is 23.2. The maximum atomic E-state index is 13.4. The van der Waals surface area contributed by atoms with Crippen LogP contribution in [0.4, 0.5) is 15.9 Å². The molecule has 0 aliphatic heterocycles. The van der Waals surface area contributed by atoms with Gasteiger partial charge in [-0.15, -0.1) is 4.91 Å². The number of carbonyl (C=O) groups excluding carboxylic acids is 1. The highest BCUT2D eigenvalue weighted by Gasteiger charge is 2.38. The number of halogens is 1. The van der Waals surface area contributed by atoms with Gasteiger partial charge in [0.2, 0.25) is 5.91 Å². The molecule has 0 radical (unpaired) electrons. The van der Waals surface area contributed by atoms with E-state index in [1.165, 1.54) is 18.6 Å². The van der Waals surface area contributed by atoms with Crippen LogP contribution < -0.4 is 5.32 Å². The van der Waals surface area contributed by atoms with Crippen molar-refractivity contribution >= 4 is 17.4 Å². The number of anilines is 1. The summed E-state index contributed by atoms with van der Waals surface area (Å²) in [4.78, 5) is 34.6. The van der Waals surface area contributed by atoms with Gasteiger partial charge in [-0.05, 0) is 117 Å². The number of nitrogens with one attached hydrogen (secondary N) is 1. The number of hydrogen-bond donors (Lipinski definition) is 1. The van der Waals surface area contributed by atoms with Crippen LogP contribution >= 0.6 is 0 Å². The summed E-state index contributed by atoms with van der Waals surface area (Å²) in [5.41, 5.74) is 9.00. The van der Waals surface area contributed by atoms with Crippen LogP contribution in [-0.2, 0) is 30.5 Å². The molecule has 2 unspecified atom stereocenters. The molecule has 1 fully saturated rings. The number of aromatic nitrogens is 2. The maximum absolute atomic E-state index is 13.4. The van der Waals surface area contributed by atoms with Gasteiger partial charge in [-0.2, -0.15) is 0 Å². The summed E-state index contributed by atoms with van der Waals surface area (Å²) in [5, 5.41) is 6.20. The van der Waals surface area contributed by atoms with Crippen molar-refractivity contribution in [2.24, 2.45) is 16.5 Å². The van der Waals surface area contributed by atoms with Crippen LogP contribution in [0.15, 0.2) is 58.8 Å². The summed E-state index contributed by atoms with van der Waals surface area (Å²) >= 11 is 0. The minimum absolute atomic E-state index is 0.0983. The third-order valence-electron chi connectivity index (χ3n) is 9.17. The SMILES string of the molecule is CC1=C2CCC(Cc3nc4c(nc3NC(=O)Cc3ccc(F)cc3)CCc3cc(N=O)ccc3-4)(CC1)CC(C)C2. The van der Waals surface area contributed by atoms with Crippen molar-refractivity contribution in [2.75, 3.05) is 5.32 Å². The molecule has 6 rings (SSSR count). The Morgan fingerprint density at radius 1 is 1.07 bits per heavy atom. The van der Waals surface area contributed by atoms with Crippen LogP contribution in [0.5, 0.6) is 0 Å².